The van der Waals surface area contributed by atoms with Crippen LogP contribution in [0.2, 0.25) is 0 Å². The van der Waals surface area contributed by atoms with Crippen LogP contribution in [0.15, 0.2) is 0 Å². The van der Waals surface area contributed by atoms with Gasteiger partial charge in [-0.3, -0.25) is 9.13 Å². The average Bonchev–Trinajstić information content (AvgIpc) is 2.51. The van der Waals surface area contributed by atoms with Crippen LogP contribution in [-0.2, 0) is 9.13 Å². The third kappa shape index (κ3) is 15.3. The highest BCUT2D eigenvalue weighted by atomic mass is 31.2. The Hall–Kier alpha value is 0.220. The Kier molecular flexibility index (Phi) is 14.4. The minimum atomic E-state index is -4.38. The van der Waals surface area contributed by atoms with Gasteiger partial charge in [0.15, 0.2) is 0 Å². The summed E-state index contributed by atoms with van der Waals surface area (Å²) in [5, 5.41) is 0. The van der Waals surface area contributed by atoms with Gasteiger partial charge in [-0.25, -0.2) is 0 Å². The fraction of sp³-hybridized carbons (Fsp3) is 1.00. The van der Waals surface area contributed by atoms with Crippen LogP contribution in [0.4, 0.5) is 0 Å². The molecule has 0 aliphatic heterocycles. The van der Waals surface area contributed by atoms with Crippen molar-refractivity contribution in [1.29, 1.82) is 0 Å². The Bertz CT molecular complexity index is 440. The first-order valence-electron chi connectivity index (χ1n) is 9.63. The highest BCUT2D eigenvalue weighted by Crippen LogP contribution is 2.46. The van der Waals surface area contributed by atoms with Crippen molar-refractivity contribution in [3.8, 4) is 0 Å². The molecule has 0 heterocycles. The number of hydrogen-bond acceptors (Lipinski definition) is 4. The van der Waals surface area contributed by atoms with Gasteiger partial charge in [0.2, 0.25) is 0 Å². The van der Waals surface area contributed by atoms with Gasteiger partial charge in [-0.1, -0.05) is 51.4 Å². The molecule has 0 spiro atoms. The molecule has 0 fully saturated rings. The maximum Gasteiger partial charge on any atom is 0.330 e. The summed E-state index contributed by atoms with van der Waals surface area (Å²) >= 11 is 0. The zero-order valence-electron chi connectivity index (χ0n) is 15.7. The van der Waals surface area contributed by atoms with E-state index >= 15 is 0 Å². The summed E-state index contributed by atoms with van der Waals surface area (Å²) < 4.78 is 22.5. The predicted octanol–water partition coefficient (Wildman–Crippen LogP) is 2.68. The Balaban J connectivity index is 3.95. The first kappa shape index (κ1) is 26.2. The molecule has 0 aliphatic rings. The molecule has 0 aromatic rings. The van der Waals surface area contributed by atoms with E-state index in [-0.39, 0.29) is 19.0 Å². The standard InChI is InChI=1S/C16H38N2O6P2/c17-13-9-7-5-3-1-2-4-6-8-11-15(18)16(26(22,23)24)12-10-14-25(19,20)21/h15-16H,1-14,17-18H2,(H2,19,20,21)(H2,22,23,24). The second kappa shape index (κ2) is 14.3. The molecule has 0 rings (SSSR count). The van der Waals surface area contributed by atoms with Crippen LogP contribution < -0.4 is 11.5 Å². The third-order valence-corrected chi connectivity index (χ3v) is 7.02. The van der Waals surface area contributed by atoms with E-state index in [1.54, 1.807) is 0 Å². The topological polar surface area (TPSA) is 167 Å². The Morgan fingerprint density at radius 1 is 0.692 bits per heavy atom. The van der Waals surface area contributed by atoms with Gasteiger partial charge < -0.3 is 31.0 Å². The molecule has 0 aromatic carbocycles. The number of rotatable bonds is 17. The Labute approximate surface area is 157 Å². The minimum absolute atomic E-state index is 0.0271. The Morgan fingerprint density at radius 3 is 1.58 bits per heavy atom. The van der Waals surface area contributed by atoms with E-state index in [0.717, 1.165) is 38.6 Å². The molecular weight excluding hydrogens is 378 g/mol. The number of unbranched alkanes of at least 4 members (excludes halogenated alkanes) is 8. The Morgan fingerprint density at radius 2 is 1.15 bits per heavy atom. The lowest BCUT2D eigenvalue weighted by Gasteiger charge is -2.25. The molecule has 158 valence electrons. The van der Waals surface area contributed by atoms with Gasteiger partial charge >= 0.3 is 15.2 Å². The van der Waals surface area contributed by atoms with E-state index in [0.29, 0.717) is 6.42 Å². The van der Waals surface area contributed by atoms with Crippen LogP contribution in [0.3, 0.4) is 0 Å². The molecule has 0 saturated carbocycles. The van der Waals surface area contributed by atoms with Crippen molar-refractivity contribution >= 4 is 15.2 Å². The minimum Gasteiger partial charge on any atom is -0.330 e. The van der Waals surface area contributed by atoms with Crippen molar-refractivity contribution in [2.45, 2.75) is 88.8 Å². The van der Waals surface area contributed by atoms with Crippen LogP contribution in [0.5, 0.6) is 0 Å². The van der Waals surface area contributed by atoms with Gasteiger partial charge in [0.05, 0.1) is 5.66 Å². The molecule has 0 amide bonds. The van der Waals surface area contributed by atoms with E-state index in [4.69, 9.17) is 21.3 Å². The summed E-state index contributed by atoms with van der Waals surface area (Å²) in [5.74, 6) is 0. The van der Waals surface area contributed by atoms with Crippen LogP contribution >= 0.6 is 15.2 Å². The molecule has 10 heteroatoms. The molecule has 8 nitrogen and oxygen atoms in total. The van der Waals surface area contributed by atoms with Gasteiger partial charge in [-0.05, 0) is 32.2 Å². The van der Waals surface area contributed by atoms with Gasteiger partial charge in [0.1, 0.15) is 0 Å². The zero-order chi connectivity index (χ0) is 20.1. The smallest absolute Gasteiger partial charge is 0.330 e. The zero-order valence-corrected chi connectivity index (χ0v) is 17.5. The highest BCUT2D eigenvalue weighted by molar-refractivity contribution is 7.52. The van der Waals surface area contributed by atoms with Gasteiger partial charge in [0.25, 0.3) is 0 Å². The van der Waals surface area contributed by atoms with Crippen molar-refractivity contribution in [2.24, 2.45) is 11.5 Å². The predicted molar refractivity (Wildman–Crippen MR) is 105 cm³/mol. The first-order valence-corrected chi connectivity index (χ1v) is 13.1. The van der Waals surface area contributed by atoms with Crippen LogP contribution in [-0.4, -0.2) is 44.0 Å². The van der Waals surface area contributed by atoms with Crippen molar-refractivity contribution in [1.82, 2.24) is 0 Å². The van der Waals surface area contributed by atoms with Gasteiger partial charge in [0, 0.05) is 12.2 Å². The second-order valence-corrected chi connectivity index (χ2v) is 10.7. The largest absolute Gasteiger partial charge is 0.330 e. The number of nitrogens with two attached hydrogens (primary N) is 2. The second-order valence-electron chi connectivity index (χ2n) is 7.11. The average molecular weight is 416 g/mol. The maximum absolute atomic E-state index is 11.6. The first-order chi connectivity index (χ1) is 12.1. The maximum atomic E-state index is 11.6. The normalized spacial score (nSPS) is 15.2. The van der Waals surface area contributed by atoms with E-state index in [9.17, 15) is 18.9 Å². The fourth-order valence-electron chi connectivity index (χ4n) is 3.09. The molecule has 0 radical (unpaired) electrons. The van der Waals surface area contributed by atoms with E-state index in [2.05, 4.69) is 0 Å². The fourth-order valence-corrected chi connectivity index (χ4v) is 4.85. The molecule has 0 aliphatic carbocycles. The molecule has 0 bridgehead atoms. The molecular formula is C16H38N2O6P2. The summed E-state index contributed by atoms with van der Waals surface area (Å²) in [7, 11) is -8.53. The lowest BCUT2D eigenvalue weighted by Crippen LogP contribution is -2.34. The molecule has 0 aromatic heterocycles. The SMILES string of the molecule is NCCCCCCCCCCCC(N)C(CCCP(=O)(O)O)P(=O)(O)O. The third-order valence-electron chi connectivity index (χ3n) is 4.62. The van der Waals surface area contributed by atoms with Crippen LogP contribution in [0, 0.1) is 0 Å². The van der Waals surface area contributed by atoms with Crippen LogP contribution in [0.25, 0.3) is 0 Å². The van der Waals surface area contributed by atoms with Gasteiger partial charge in [-0.2, -0.15) is 0 Å². The molecule has 0 saturated heterocycles. The highest BCUT2D eigenvalue weighted by Gasteiger charge is 2.34. The van der Waals surface area contributed by atoms with E-state index in [1.165, 1.54) is 25.7 Å². The summed E-state index contributed by atoms with van der Waals surface area (Å²) in [5.41, 5.74) is 10.4. The van der Waals surface area contributed by atoms with E-state index < -0.39 is 26.9 Å². The summed E-state index contributed by atoms with van der Waals surface area (Å²) in [6.07, 6.45) is 10.2. The van der Waals surface area contributed by atoms with Crippen molar-refractivity contribution in [3.63, 3.8) is 0 Å². The summed E-state index contributed by atoms with van der Waals surface area (Å²) in [4.78, 5) is 36.6. The summed E-state index contributed by atoms with van der Waals surface area (Å²) in [6, 6.07) is -0.649. The molecule has 26 heavy (non-hydrogen) atoms. The molecule has 2 atom stereocenters. The van der Waals surface area contributed by atoms with Crippen molar-refractivity contribution < 1.29 is 28.7 Å². The van der Waals surface area contributed by atoms with Crippen molar-refractivity contribution in [3.05, 3.63) is 0 Å². The quantitative estimate of drug-likeness (QED) is 0.155. The summed E-state index contributed by atoms with van der Waals surface area (Å²) in [6.45, 7) is 0.759. The number of hydrogen-bond donors (Lipinski definition) is 6. The lowest BCUT2D eigenvalue weighted by molar-refractivity contribution is 0.334. The lowest BCUT2D eigenvalue weighted by atomic mass is 10.0. The monoisotopic (exact) mass is 416 g/mol. The molecule has 2 unspecified atom stereocenters. The van der Waals surface area contributed by atoms with E-state index in [1.807, 2.05) is 0 Å². The van der Waals surface area contributed by atoms with Crippen molar-refractivity contribution in [2.75, 3.05) is 12.7 Å². The van der Waals surface area contributed by atoms with Crippen LogP contribution in [0.1, 0.15) is 77.0 Å². The van der Waals surface area contributed by atoms with Gasteiger partial charge in [-0.15, -0.1) is 0 Å². The molecule has 8 N–H and O–H groups in total.